The van der Waals surface area contributed by atoms with Gasteiger partial charge in [0.05, 0.1) is 0 Å². The van der Waals surface area contributed by atoms with E-state index in [2.05, 4.69) is 6.92 Å². The van der Waals surface area contributed by atoms with Crippen LogP contribution in [0.2, 0.25) is 0 Å². The molecule has 2 aromatic rings. The van der Waals surface area contributed by atoms with Crippen LogP contribution >= 0.6 is 22.7 Å². The van der Waals surface area contributed by atoms with Crippen molar-refractivity contribution in [2.45, 2.75) is 45.4 Å². The molecule has 0 saturated heterocycles. The van der Waals surface area contributed by atoms with E-state index in [1.807, 2.05) is 45.8 Å². The third-order valence-electron chi connectivity index (χ3n) is 3.49. The Kier molecular flexibility index (Phi) is 12.5. The van der Waals surface area contributed by atoms with E-state index < -0.39 is 0 Å². The van der Waals surface area contributed by atoms with Gasteiger partial charge < -0.3 is 0 Å². The lowest BCUT2D eigenvalue weighted by Crippen LogP contribution is -2.30. The molecule has 0 radical (unpaired) electrons. The number of rotatable bonds is 7. The number of thiophene rings is 2. The summed E-state index contributed by atoms with van der Waals surface area (Å²) in [5, 5.41) is 8.17. The monoisotopic (exact) mass is 377 g/mol. The van der Waals surface area contributed by atoms with Gasteiger partial charge in [0.25, 0.3) is 11.8 Å². The van der Waals surface area contributed by atoms with Crippen LogP contribution in [0.15, 0.2) is 57.9 Å². The SMILES string of the molecule is CCCCCCCCN1C(=O)C=CC1=O.c1ccsc1.c1ccsc1. The lowest BCUT2D eigenvalue weighted by molar-refractivity contribution is -0.136. The molecule has 0 saturated carbocycles. The molecule has 0 aromatic carbocycles. The molecule has 2 amide bonds. The van der Waals surface area contributed by atoms with E-state index in [1.165, 1.54) is 42.7 Å². The van der Waals surface area contributed by atoms with E-state index >= 15 is 0 Å². The van der Waals surface area contributed by atoms with Crippen LogP contribution in [0.5, 0.6) is 0 Å². The molecule has 136 valence electrons. The van der Waals surface area contributed by atoms with E-state index in [1.54, 1.807) is 22.7 Å². The van der Waals surface area contributed by atoms with Crippen molar-refractivity contribution in [2.24, 2.45) is 0 Å². The Balaban J connectivity index is 0.000000250. The Morgan fingerprint density at radius 3 is 1.56 bits per heavy atom. The molecule has 1 aliphatic heterocycles. The molecular formula is C20H27NO2S2. The number of carbonyl (C=O) groups is 2. The summed E-state index contributed by atoms with van der Waals surface area (Å²) >= 11 is 3.43. The third kappa shape index (κ3) is 10.7. The van der Waals surface area contributed by atoms with Crippen molar-refractivity contribution in [1.29, 1.82) is 0 Å². The minimum absolute atomic E-state index is 0.159. The molecule has 0 spiro atoms. The predicted molar refractivity (Wildman–Crippen MR) is 108 cm³/mol. The topological polar surface area (TPSA) is 37.4 Å². The molecule has 0 aliphatic carbocycles. The smallest absolute Gasteiger partial charge is 0.253 e. The second-order valence-corrected chi connectivity index (χ2v) is 7.15. The van der Waals surface area contributed by atoms with Crippen LogP contribution in [0.3, 0.4) is 0 Å². The fraction of sp³-hybridized carbons (Fsp3) is 0.400. The number of hydrogen-bond donors (Lipinski definition) is 0. The van der Waals surface area contributed by atoms with Crippen LogP contribution in [-0.4, -0.2) is 23.3 Å². The van der Waals surface area contributed by atoms with Crippen LogP contribution in [0.1, 0.15) is 45.4 Å². The van der Waals surface area contributed by atoms with Gasteiger partial charge in [-0.3, -0.25) is 14.5 Å². The first-order valence-corrected chi connectivity index (χ1v) is 10.6. The van der Waals surface area contributed by atoms with Crippen LogP contribution in [0, 0.1) is 0 Å². The Labute approximate surface area is 159 Å². The minimum Gasteiger partial charge on any atom is -0.275 e. The molecule has 2 aromatic heterocycles. The maximum absolute atomic E-state index is 11.2. The maximum atomic E-state index is 11.2. The Bertz CT molecular complexity index is 498. The lowest BCUT2D eigenvalue weighted by atomic mass is 10.1. The van der Waals surface area contributed by atoms with Gasteiger partial charge in [-0.1, -0.05) is 63.3 Å². The first-order chi connectivity index (χ1) is 12.3. The highest BCUT2D eigenvalue weighted by Gasteiger charge is 2.21. The van der Waals surface area contributed by atoms with Crippen molar-refractivity contribution < 1.29 is 9.59 Å². The second kappa shape index (κ2) is 14.6. The predicted octanol–water partition coefficient (Wildman–Crippen LogP) is 5.77. The summed E-state index contributed by atoms with van der Waals surface area (Å²) in [6, 6.07) is 8.07. The fourth-order valence-corrected chi connectivity index (χ4v) is 3.06. The summed E-state index contributed by atoms with van der Waals surface area (Å²) in [4.78, 5) is 23.7. The van der Waals surface area contributed by atoms with Crippen LogP contribution < -0.4 is 0 Å². The average molecular weight is 378 g/mol. The summed E-state index contributed by atoms with van der Waals surface area (Å²) in [7, 11) is 0. The molecule has 3 rings (SSSR count). The normalized spacial score (nSPS) is 12.4. The van der Waals surface area contributed by atoms with Crippen LogP contribution in [0.25, 0.3) is 0 Å². The highest BCUT2D eigenvalue weighted by molar-refractivity contribution is 7.08. The Morgan fingerprint density at radius 1 is 0.720 bits per heavy atom. The number of carbonyl (C=O) groups excluding carboxylic acids is 2. The first-order valence-electron chi connectivity index (χ1n) is 8.73. The van der Waals surface area contributed by atoms with Crippen molar-refractivity contribution in [2.75, 3.05) is 6.54 Å². The first kappa shape index (κ1) is 21.3. The fourth-order valence-electron chi connectivity index (χ4n) is 2.16. The highest BCUT2D eigenvalue weighted by atomic mass is 32.1. The standard InChI is InChI=1S/C12H19NO2.2C4H4S/c1-2-3-4-5-6-7-10-13-11(14)8-9-12(13)15;2*1-2-4-5-3-1/h8-9H,2-7,10H2,1H3;2*1-4H. The van der Waals surface area contributed by atoms with Gasteiger partial charge in [-0.25, -0.2) is 0 Å². The van der Waals surface area contributed by atoms with E-state index in [-0.39, 0.29) is 11.8 Å². The molecular weight excluding hydrogens is 350 g/mol. The van der Waals surface area contributed by atoms with Gasteiger partial charge in [0, 0.05) is 18.7 Å². The van der Waals surface area contributed by atoms with Gasteiger partial charge >= 0.3 is 0 Å². The van der Waals surface area contributed by atoms with E-state index in [0.717, 1.165) is 12.8 Å². The van der Waals surface area contributed by atoms with Gasteiger partial charge in [-0.05, 0) is 27.9 Å². The van der Waals surface area contributed by atoms with Gasteiger partial charge in [0.1, 0.15) is 0 Å². The zero-order chi connectivity index (χ0) is 18.2. The average Bonchev–Trinajstić information content (AvgIpc) is 3.39. The summed E-state index contributed by atoms with van der Waals surface area (Å²) in [6.07, 6.45) is 9.73. The number of hydrogen-bond acceptors (Lipinski definition) is 4. The van der Waals surface area contributed by atoms with Crippen molar-refractivity contribution in [3.63, 3.8) is 0 Å². The molecule has 0 N–H and O–H groups in total. The molecule has 0 atom stereocenters. The van der Waals surface area contributed by atoms with Crippen LogP contribution in [-0.2, 0) is 9.59 Å². The number of unbranched alkanes of at least 4 members (excludes halogenated alkanes) is 5. The van der Waals surface area contributed by atoms with Crippen molar-refractivity contribution >= 4 is 34.5 Å². The van der Waals surface area contributed by atoms with Gasteiger partial charge in [-0.15, -0.1) is 0 Å². The molecule has 3 nitrogen and oxygen atoms in total. The number of nitrogens with zero attached hydrogens (tertiary/aromatic N) is 1. The second-order valence-electron chi connectivity index (χ2n) is 5.52. The third-order valence-corrected chi connectivity index (χ3v) is 4.74. The lowest BCUT2D eigenvalue weighted by Gasteiger charge is -2.12. The Morgan fingerprint density at radius 2 is 1.16 bits per heavy atom. The number of imide groups is 1. The Hall–Kier alpha value is -1.72. The van der Waals surface area contributed by atoms with Gasteiger partial charge in [0.15, 0.2) is 0 Å². The van der Waals surface area contributed by atoms with Gasteiger partial charge in [-0.2, -0.15) is 22.7 Å². The summed E-state index contributed by atoms with van der Waals surface area (Å²) in [6.45, 7) is 2.77. The molecule has 0 bridgehead atoms. The summed E-state index contributed by atoms with van der Waals surface area (Å²) in [5.41, 5.74) is 0. The largest absolute Gasteiger partial charge is 0.275 e. The molecule has 0 unspecified atom stereocenters. The van der Waals surface area contributed by atoms with Crippen molar-refractivity contribution in [3.8, 4) is 0 Å². The molecule has 1 aliphatic rings. The van der Waals surface area contributed by atoms with E-state index in [4.69, 9.17) is 0 Å². The molecule has 3 heterocycles. The molecule has 0 fully saturated rings. The number of amides is 2. The van der Waals surface area contributed by atoms with Crippen molar-refractivity contribution in [1.82, 2.24) is 4.90 Å². The summed E-state index contributed by atoms with van der Waals surface area (Å²) < 4.78 is 0. The molecule has 25 heavy (non-hydrogen) atoms. The zero-order valence-corrected chi connectivity index (χ0v) is 16.4. The maximum Gasteiger partial charge on any atom is 0.253 e. The minimum atomic E-state index is -0.159. The quantitative estimate of drug-likeness (QED) is 0.454. The van der Waals surface area contributed by atoms with E-state index in [0.29, 0.717) is 6.54 Å². The zero-order valence-electron chi connectivity index (χ0n) is 14.8. The highest BCUT2D eigenvalue weighted by Crippen LogP contribution is 2.09. The van der Waals surface area contributed by atoms with Crippen molar-refractivity contribution in [3.05, 3.63) is 57.9 Å². The summed E-state index contributed by atoms with van der Waals surface area (Å²) in [5.74, 6) is -0.317. The van der Waals surface area contributed by atoms with E-state index in [9.17, 15) is 9.59 Å². The molecule has 5 heteroatoms. The van der Waals surface area contributed by atoms with Gasteiger partial charge in [0.2, 0.25) is 0 Å². The van der Waals surface area contributed by atoms with Crippen LogP contribution in [0.4, 0.5) is 0 Å².